The summed E-state index contributed by atoms with van der Waals surface area (Å²) in [6.07, 6.45) is 7.19. The van der Waals surface area contributed by atoms with Crippen LogP contribution in [0.1, 0.15) is 38.5 Å². The molecule has 0 aliphatic heterocycles. The van der Waals surface area contributed by atoms with Crippen LogP contribution in [0.5, 0.6) is 0 Å². The molecule has 0 atom stereocenters. The minimum Gasteiger partial charge on any atom is -0.455 e. The van der Waals surface area contributed by atoms with Gasteiger partial charge in [-0.2, -0.15) is 0 Å². The molecule has 0 amide bonds. The second kappa shape index (κ2) is 3.49. The Kier molecular flexibility index (Phi) is 2.32. The first-order valence-electron chi connectivity index (χ1n) is 6.14. The third kappa shape index (κ3) is 1.67. The maximum Gasteiger partial charge on any atom is 0.349 e. The summed E-state index contributed by atoms with van der Waals surface area (Å²) in [6, 6.07) is 0. The lowest BCUT2D eigenvalue weighted by molar-refractivity contribution is -0.181. The molecule has 0 N–H and O–H groups in total. The van der Waals surface area contributed by atoms with E-state index in [2.05, 4.69) is 6.58 Å². The van der Waals surface area contributed by atoms with Gasteiger partial charge in [0.05, 0.1) is 0 Å². The first-order valence-corrected chi connectivity index (χ1v) is 6.52. The highest BCUT2D eigenvalue weighted by Crippen LogP contribution is 2.57. The van der Waals surface area contributed by atoms with Crippen molar-refractivity contribution in [1.82, 2.24) is 0 Å². The van der Waals surface area contributed by atoms with Crippen molar-refractivity contribution in [1.29, 1.82) is 0 Å². The molecule has 0 aromatic rings. The molecule has 4 rings (SSSR count). The number of hydrogen-bond acceptors (Lipinski definition) is 2. The molecule has 3 heteroatoms. The quantitative estimate of drug-likeness (QED) is 0.547. The molecule has 4 bridgehead atoms. The van der Waals surface area contributed by atoms with Gasteiger partial charge in [-0.1, -0.05) is 18.2 Å². The van der Waals surface area contributed by atoms with E-state index in [1.807, 2.05) is 0 Å². The molecule has 0 radical (unpaired) electrons. The fraction of sp³-hybridized carbons (Fsp3) is 0.769. The van der Waals surface area contributed by atoms with E-state index in [1.165, 1.54) is 19.3 Å². The maximum atomic E-state index is 11.6. The van der Waals surface area contributed by atoms with Crippen LogP contribution < -0.4 is 0 Å². The lowest BCUT2D eigenvalue weighted by Crippen LogP contribution is -2.52. The third-order valence-electron chi connectivity index (χ3n) is 4.51. The fourth-order valence-electron chi connectivity index (χ4n) is 4.41. The Morgan fingerprint density at radius 2 is 1.56 bits per heavy atom. The van der Waals surface area contributed by atoms with Crippen molar-refractivity contribution in [2.45, 2.75) is 44.1 Å². The molecule has 2 nitrogen and oxygen atoms in total. The predicted molar refractivity (Wildman–Crippen MR) is 62.0 cm³/mol. The van der Waals surface area contributed by atoms with Gasteiger partial charge in [0.25, 0.3) is 0 Å². The number of hydrogen-bond donors (Lipinski definition) is 0. The smallest absolute Gasteiger partial charge is 0.349 e. The van der Waals surface area contributed by atoms with E-state index in [0.29, 0.717) is 0 Å². The Balaban J connectivity index is 1.78. The summed E-state index contributed by atoms with van der Waals surface area (Å²) in [5.41, 5.74) is -0.191. The van der Waals surface area contributed by atoms with E-state index >= 15 is 0 Å². The maximum absolute atomic E-state index is 11.6. The number of rotatable bonds is 2. The molecule has 16 heavy (non-hydrogen) atoms. The normalized spacial score (nSPS) is 44.4. The molecule has 0 spiro atoms. The number of ether oxygens (including phenoxy) is 1. The van der Waals surface area contributed by atoms with Crippen molar-refractivity contribution in [2.75, 3.05) is 0 Å². The van der Waals surface area contributed by atoms with Crippen molar-refractivity contribution in [2.24, 2.45) is 17.8 Å². The fourth-order valence-corrected chi connectivity index (χ4v) is 4.45. The van der Waals surface area contributed by atoms with E-state index in [-0.39, 0.29) is 10.6 Å². The molecule has 0 unspecified atom stereocenters. The molecular weight excluding hydrogens is 224 g/mol. The summed E-state index contributed by atoms with van der Waals surface area (Å²) in [6.45, 7) is 3.44. The lowest BCUT2D eigenvalue weighted by Gasteiger charge is -2.55. The summed E-state index contributed by atoms with van der Waals surface area (Å²) in [5, 5.41) is 0.00995. The van der Waals surface area contributed by atoms with Crippen molar-refractivity contribution >= 4 is 17.6 Å². The Morgan fingerprint density at radius 3 is 1.94 bits per heavy atom. The number of esters is 1. The second-order valence-corrected chi connectivity index (χ2v) is 6.35. The van der Waals surface area contributed by atoms with E-state index in [4.69, 9.17) is 16.3 Å². The van der Waals surface area contributed by atoms with Crippen molar-refractivity contribution in [3.8, 4) is 0 Å². The molecular formula is C13H17ClO2. The van der Waals surface area contributed by atoms with E-state index in [1.54, 1.807) is 0 Å². The zero-order valence-electron chi connectivity index (χ0n) is 9.38. The Bertz CT molecular complexity index is 313. The zero-order chi connectivity index (χ0) is 11.3. The van der Waals surface area contributed by atoms with Gasteiger partial charge in [0, 0.05) is 0 Å². The highest BCUT2D eigenvalue weighted by molar-refractivity contribution is 6.40. The van der Waals surface area contributed by atoms with Crippen LogP contribution in [0.4, 0.5) is 0 Å². The van der Waals surface area contributed by atoms with Gasteiger partial charge in [-0.05, 0) is 56.3 Å². The van der Waals surface area contributed by atoms with Crippen molar-refractivity contribution in [3.63, 3.8) is 0 Å². The largest absolute Gasteiger partial charge is 0.455 e. The molecule has 0 aromatic heterocycles. The minimum absolute atomic E-state index is 0.00995. The lowest BCUT2D eigenvalue weighted by atomic mass is 9.54. The van der Waals surface area contributed by atoms with Crippen LogP contribution in [-0.2, 0) is 9.53 Å². The molecule has 0 heterocycles. The van der Waals surface area contributed by atoms with Gasteiger partial charge < -0.3 is 4.74 Å². The number of carbonyl (C=O) groups excluding carboxylic acids is 1. The average molecular weight is 241 g/mol. The van der Waals surface area contributed by atoms with Crippen LogP contribution in [-0.4, -0.2) is 11.6 Å². The van der Waals surface area contributed by atoms with Gasteiger partial charge in [-0.15, -0.1) is 0 Å². The average Bonchev–Trinajstić information content (AvgIpc) is 2.13. The van der Waals surface area contributed by atoms with Crippen LogP contribution in [0.3, 0.4) is 0 Å². The molecule has 4 aliphatic carbocycles. The second-order valence-electron chi connectivity index (χ2n) is 5.89. The SMILES string of the molecule is C=C(Cl)C(=O)OC12CC3CC(CC(C3)C1)C2. The molecule has 0 aromatic carbocycles. The molecule has 88 valence electrons. The summed E-state index contributed by atoms with van der Waals surface area (Å²) in [4.78, 5) is 11.6. The summed E-state index contributed by atoms with van der Waals surface area (Å²) < 4.78 is 5.64. The van der Waals surface area contributed by atoms with Gasteiger partial charge in [-0.25, -0.2) is 4.79 Å². The van der Waals surface area contributed by atoms with E-state index < -0.39 is 5.97 Å². The monoisotopic (exact) mass is 240 g/mol. The summed E-state index contributed by atoms with van der Waals surface area (Å²) in [5.74, 6) is 1.93. The van der Waals surface area contributed by atoms with Gasteiger partial charge >= 0.3 is 5.97 Å². The predicted octanol–water partition coefficient (Wildman–Crippen LogP) is 3.25. The van der Waals surface area contributed by atoms with Crippen LogP contribution in [0.2, 0.25) is 0 Å². The Hall–Kier alpha value is -0.500. The topological polar surface area (TPSA) is 26.3 Å². The highest BCUT2D eigenvalue weighted by Gasteiger charge is 2.53. The molecule has 4 fully saturated rings. The standard InChI is InChI=1S/C13H17ClO2/c1-8(14)12(15)16-13-5-9-2-10(6-13)4-11(3-9)7-13/h9-11H,1-7H2. The third-order valence-corrected chi connectivity index (χ3v) is 4.67. The van der Waals surface area contributed by atoms with Crippen molar-refractivity contribution in [3.05, 3.63) is 11.6 Å². The van der Waals surface area contributed by atoms with Crippen LogP contribution in [0, 0.1) is 17.8 Å². The Morgan fingerprint density at radius 1 is 1.12 bits per heavy atom. The number of halogens is 1. The first kappa shape index (κ1) is 10.6. The highest BCUT2D eigenvalue weighted by atomic mass is 35.5. The molecule has 4 aliphatic rings. The van der Waals surface area contributed by atoms with Crippen molar-refractivity contribution < 1.29 is 9.53 Å². The first-order chi connectivity index (χ1) is 7.56. The van der Waals surface area contributed by atoms with Crippen LogP contribution in [0.25, 0.3) is 0 Å². The Labute approximate surface area is 101 Å². The molecule has 0 saturated heterocycles. The summed E-state index contributed by atoms with van der Waals surface area (Å²) in [7, 11) is 0. The van der Waals surface area contributed by atoms with E-state index in [9.17, 15) is 4.79 Å². The molecule has 4 saturated carbocycles. The summed E-state index contributed by atoms with van der Waals surface area (Å²) >= 11 is 5.60. The van der Waals surface area contributed by atoms with Gasteiger partial charge in [0.2, 0.25) is 0 Å². The van der Waals surface area contributed by atoms with Gasteiger partial charge in [0.15, 0.2) is 0 Å². The van der Waals surface area contributed by atoms with Gasteiger partial charge in [0.1, 0.15) is 10.6 Å². The zero-order valence-corrected chi connectivity index (χ0v) is 10.1. The van der Waals surface area contributed by atoms with Gasteiger partial charge in [-0.3, -0.25) is 0 Å². The van der Waals surface area contributed by atoms with E-state index in [0.717, 1.165) is 37.0 Å². The minimum atomic E-state index is -0.413. The van der Waals surface area contributed by atoms with Crippen LogP contribution in [0.15, 0.2) is 11.6 Å². The number of carbonyl (C=O) groups is 1. The van der Waals surface area contributed by atoms with Crippen LogP contribution >= 0.6 is 11.6 Å².